The molecule has 0 aliphatic heterocycles. The SMILES string of the molecule is CC(C)(C)[Si](C)(C)O[C@H](/C=C/I)CCc1sc2ccccc2c1Cl. The fourth-order valence-electron chi connectivity index (χ4n) is 2.33. The van der Waals surface area contributed by atoms with Crippen molar-refractivity contribution < 1.29 is 4.43 Å². The largest absolute Gasteiger partial charge is 0.411 e. The highest BCUT2D eigenvalue weighted by Crippen LogP contribution is 2.39. The van der Waals surface area contributed by atoms with E-state index in [2.05, 4.69) is 84.8 Å². The molecule has 0 aliphatic carbocycles. The Hall–Kier alpha value is 0.117. The van der Waals surface area contributed by atoms with Crippen molar-refractivity contribution in [1.82, 2.24) is 0 Å². The number of hydrogen-bond acceptors (Lipinski definition) is 2. The lowest BCUT2D eigenvalue weighted by Gasteiger charge is -2.38. The molecule has 0 N–H and O–H groups in total. The molecule has 2 rings (SSSR count). The van der Waals surface area contributed by atoms with E-state index in [0.717, 1.165) is 17.9 Å². The van der Waals surface area contributed by atoms with Crippen LogP contribution in [0.15, 0.2) is 34.4 Å². The monoisotopic (exact) mass is 492 g/mol. The minimum atomic E-state index is -1.77. The fraction of sp³-hybridized carbons (Fsp3) is 0.474. The predicted molar refractivity (Wildman–Crippen MR) is 120 cm³/mol. The summed E-state index contributed by atoms with van der Waals surface area (Å²) in [5.41, 5.74) is 0. The summed E-state index contributed by atoms with van der Waals surface area (Å²) in [6.45, 7) is 11.5. The molecule has 0 radical (unpaired) electrons. The first-order chi connectivity index (χ1) is 11.2. The summed E-state index contributed by atoms with van der Waals surface area (Å²) in [6, 6.07) is 8.36. The smallest absolute Gasteiger partial charge is 0.192 e. The lowest BCUT2D eigenvalue weighted by molar-refractivity contribution is 0.216. The van der Waals surface area contributed by atoms with Gasteiger partial charge in [0, 0.05) is 15.0 Å². The molecule has 0 aliphatic rings. The van der Waals surface area contributed by atoms with Crippen LogP contribution in [0.2, 0.25) is 23.2 Å². The van der Waals surface area contributed by atoms with Crippen LogP contribution in [-0.4, -0.2) is 14.4 Å². The Bertz CT molecular complexity index is 718. The van der Waals surface area contributed by atoms with E-state index in [4.69, 9.17) is 16.0 Å². The molecule has 0 spiro atoms. The molecule has 0 saturated carbocycles. The number of benzene rings is 1. The molecular weight excluding hydrogens is 467 g/mol. The van der Waals surface area contributed by atoms with E-state index >= 15 is 0 Å². The van der Waals surface area contributed by atoms with Crippen molar-refractivity contribution in [2.75, 3.05) is 0 Å². The zero-order chi connectivity index (χ0) is 18.0. The molecule has 1 nitrogen and oxygen atoms in total. The van der Waals surface area contributed by atoms with E-state index in [0.29, 0.717) is 0 Å². The van der Waals surface area contributed by atoms with Crippen LogP contribution in [0.5, 0.6) is 0 Å². The zero-order valence-corrected chi connectivity index (χ0v) is 19.8. The Morgan fingerprint density at radius 1 is 1.29 bits per heavy atom. The lowest BCUT2D eigenvalue weighted by atomic mass is 10.1. The van der Waals surface area contributed by atoms with Gasteiger partial charge in [0.2, 0.25) is 0 Å². The Balaban J connectivity index is 2.12. The molecule has 1 aromatic carbocycles. The van der Waals surface area contributed by atoms with E-state index in [1.807, 2.05) is 6.07 Å². The minimum Gasteiger partial charge on any atom is -0.411 e. The van der Waals surface area contributed by atoms with E-state index in [9.17, 15) is 0 Å². The van der Waals surface area contributed by atoms with Gasteiger partial charge in [-0.15, -0.1) is 11.3 Å². The molecule has 5 heteroatoms. The molecule has 1 aromatic heterocycles. The topological polar surface area (TPSA) is 9.23 Å². The molecule has 0 fully saturated rings. The number of fused-ring (bicyclic) bond motifs is 1. The second-order valence-corrected chi connectivity index (χ2v) is 14.6. The van der Waals surface area contributed by atoms with Crippen molar-refractivity contribution in [2.45, 2.75) is 57.8 Å². The van der Waals surface area contributed by atoms with Crippen LogP contribution in [0.4, 0.5) is 0 Å². The van der Waals surface area contributed by atoms with Gasteiger partial charge < -0.3 is 4.43 Å². The molecule has 1 heterocycles. The summed E-state index contributed by atoms with van der Waals surface area (Å²) in [5, 5.41) is 2.31. The summed E-state index contributed by atoms with van der Waals surface area (Å²) in [5.74, 6) is 0. The van der Waals surface area contributed by atoms with Gasteiger partial charge in [-0.3, -0.25) is 0 Å². The van der Waals surface area contributed by atoms with Crippen molar-refractivity contribution in [3.63, 3.8) is 0 Å². The molecule has 132 valence electrons. The van der Waals surface area contributed by atoms with Crippen LogP contribution >= 0.6 is 45.5 Å². The summed E-state index contributed by atoms with van der Waals surface area (Å²) >= 11 is 10.7. The Morgan fingerprint density at radius 3 is 2.54 bits per heavy atom. The second kappa shape index (κ2) is 8.21. The number of thiophene rings is 1. The molecule has 2 aromatic rings. The zero-order valence-electron chi connectivity index (χ0n) is 15.0. The number of hydrogen-bond donors (Lipinski definition) is 0. The normalized spacial score (nSPS) is 14.6. The maximum absolute atomic E-state index is 6.59. The molecule has 0 saturated heterocycles. The highest BCUT2D eigenvalue weighted by Gasteiger charge is 2.38. The van der Waals surface area contributed by atoms with Crippen molar-refractivity contribution in [3.05, 3.63) is 44.3 Å². The Labute approximate surface area is 169 Å². The van der Waals surface area contributed by atoms with Crippen LogP contribution in [0, 0.1) is 0 Å². The highest BCUT2D eigenvalue weighted by molar-refractivity contribution is 14.1. The molecule has 24 heavy (non-hydrogen) atoms. The summed E-state index contributed by atoms with van der Waals surface area (Å²) < 4.78 is 9.93. The number of halogens is 2. The van der Waals surface area contributed by atoms with Gasteiger partial charge in [-0.25, -0.2) is 0 Å². The maximum atomic E-state index is 6.59. The summed E-state index contributed by atoms with van der Waals surface area (Å²) in [6.07, 6.45) is 4.27. The molecular formula is C19H26ClIOSSi. The van der Waals surface area contributed by atoms with Crippen molar-refractivity contribution in [3.8, 4) is 0 Å². The average Bonchev–Trinajstić information content (AvgIpc) is 2.80. The van der Waals surface area contributed by atoms with E-state index in [1.165, 1.54) is 15.0 Å². The van der Waals surface area contributed by atoms with Gasteiger partial charge in [-0.1, -0.05) is 79.2 Å². The van der Waals surface area contributed by atoms with Crippen LogP contribution in [-0.2, 0) is 10.8 Å². The third-order valence-corrected chi connectivity index (χ3v) is 11.5. The number of rotatable bonds is 6. The third-order valence-electron chi connectivity index (χ3n) is 4.80. The van der Waals surface area contributed by atoms with Crippen molar-refractivity contribution in [2.24, 2.45) is 0 Å². The predicted octanol–water partition coefficient (Wildman–Crippen LogP) is 7.83. The van der Waals surface area contributed by atoms with E-state index < -0.39 is 8.32 Å². The molecule has 1 atom stereocenters. The van der Waals surface area contributed by atoms with Gasteiger partial charge in [0.15, 0.2) is 8.32 Å². The summed E-state index contributed by atoms with van der Waals surface area (Å²) in [4.78, 5) is 1.27. The van der Waals surface area contributed by atoms with Gasteiger partial charge in [-0.05, 0) is 41.1 Å². The highest BCUT2D eigenvalue weighted by atomic mass is 127. The van der Waals surface area contributed by atoms with Gasteiger partial charge in [-0.2, -0.15) is 0 Å². The first-order valence-electron chi connectivity index (χ1n) is 8.26. The average molecular weight is 493 g/mol. The molecule has 0 amide bonds. The van der Waals surface area contributed by atoms with Crippen LogP contribution in [0.3, 0.4) is 0 Å². The molecule has 0 unspecified atom stereocenters. The van der Waals surface area contributed by atoms with Gasteiger partial charge >= 0.3 is 0 Å². The Kier molecular flexibility index (Phi) is 6.99. The number of aryl methyl sites for hydroxylation is 1. The van der Waals surface area contributed by atoms with Crippen molar-refractivity contribution in [1.29, 1.82) is 0 Å². The van der Waals surface area contributed by atoms with Crippen LogP contribution in [0.25, 0.3) is 10.1 Å². The summed E-state index contributed by atoms with van der Waals surface area (Å²) in [7, 11) is -1.77. The standard InChI is InChI=1S/C19H26ClIOSSi/c1-19(2,3)24(4,5)22-14(12-13-21)10-11-17-18(20)15-8-6-7-9-16(15)23-17/h6-9,12-14H,10-11H2,1-5H3/b13-12+/t14-/m0/s1. The lowest BCUT2D eigenvalue weighted by Crippen LogP contribution is -2.43. The first kappa shape index (κ1) is 20.4. The van der Waals surface area contributed by atoms with E-state index in [-0.39, 0.29) is 11.1 Å². The third kappa shape index (κ3) is 4.85. The fourth-order valence-corrected chi connectivity index (χ4v) is 5.64. The van der Waals surface area contributed by atoms with Crippen LogP contribution < -0.4 is 0 Å². The van der Waals surface area contributed by atoms with E-state index in [1.54, 1.807) is 11.3 Å². The van der Waals surface area contributed by atoms with Gasteiger partial charge in [0.1, 0.15) is 0 Å². The van der Waals surface area contributed by atoms with Crippen LogP contribution in [0.1, 0.15) is 32.1 Å². The molecule has 0 bridgehead atoms. The maximum Gasteiger partial charge on any atom is 0.192 e. The van der Waals surface area contributed by atoms with Crippen molar-refractivity contribution >= 4 is 63.9 Å². The first-order valence-corrected chi connectivity index (χ1v) is 13.6. The Morgan fingerprint density at radius 2 is 1.96 bits per heavy atom. The second-order valence-electron chi connectivity index (χ2n) is 7.61. The van der Waals surface area contributed by atoms with Gasteiger partial charge in [0.05, 0.1) is 11.1 Å². The van der Waals surface area contributed by atoms with Gasteiger partial charge in [0.25, 0.3) is 0 Å². The minimum absolute atomic E-state index is 0.157. The quantitative estimate of drug-likeness (QED) is 0.295.